The number of hydrogen-bond donors (Lipinski definition) is 1. The molecule has 1 aliphatic rings. The van der Waals surface area contributed by atoms with Crippen LogP contribution in [0.5, 0.6) is 0 Å². The summed E-state index contributed by atoms with van der Waals surface area (Å²) < 4.78 is 0. The van der Waals surface area contributed by atoms with E-state index in [1.807, 2.05) is 0 Å². The number of ketones is 1. The molecule has 0 aliphatic carbocycles. The lowest BCUT2D eigenvalue weighted by Gasteiger charge is -2.11. The van der Waals surface area contributed by atoms with Crippen molar-refractivity contribution in [3.63, 3.8) is 0 Å². The first-order valence-electron chi connectivity index (χ1n) is 4.42. The molecule has 0 aromatic heterocycles. The molecule has 1 rings (SSSR count). The largest absolute Gasteiger partial charge is 0.316 e. The predicted octanol–water partition coefficient (Wildman–Crippen LogP) is 0.824. The van der Waals surface area contributed by atoms with E-state index in [0.29, 0.717) is 24.5 Å². The number of Topliss-reactive ketones (excluding diaryl/α,β-unsaturated/α-hetero) is 1. The zero-order chi connectivity index (χ0) is 8.97. The fourth-order valence-electron chi connectivity index (χ4n) is 1.62. The van der Waals surface area contributed by atoms with Crippen molar-refractivity contribution in [3.8, 4) is 12.3 Å². The van der Waals surface area contributed by atoms with Gasteiger partial charge >= 0.3 is 0 Å². The van der Waals surface area contributed by atoms with Gasteiger partial charge in [0.25, 0.3) is 0 Å². The van der Waals surface area contributed by atoms with Crippen LogP contribution < -0.4 is 5.32 Å². The summed E-state index contributed by atoms with van der Waals surface area (Å²) in [6.45, 7) is 3.91. The summed E-state index contributed by atoms with van der Waals surface area (Å²) >= 11 is 0. The highest BCUT2D eigenvalue weighted by Gasteiger charge is 2.28. The maximum absolute atomic E-state index is 11.5. The molecule has 1 N–H and O–H groups in total. The summed E-state index contributed by atoms with van der Waals surface area (Å²) in [7, 11) is 0. The van der Waals surface area contributed by atoms with Crippen LogP contribution in [0.4, 0.5) is 0 Å². The van der Waals surface area contributed by atoms with Gasteiger partial charge in [-0.25, -0.2) is 0 Å². The van der Waals surface area contributed by atoms with Gasteiger partial charge in [0.2, 0.25) is 0 Å². The molecule has 66 valence electrons. The average Bonchev–Trinajstić information content (AvgIpc) is 2.47. The molecule has 1 aliphatic heterocycles. The van der Waals surface area contributed by atoms with Gasteiger partial charge in [-0.1, -0.05) is 6.92 Å². The molecule has 2 atom stereocenters. The fraction of sp³-hybridized carbons (Fsp3) is 0.700. The number of hydrogen-bond acceptors (Lipinski definition) is 2. The van der Waals surface area contributed by atoms with Crippen LogP contribution in [0.15, 0.2) is 0 Å². The molecule has 0 saturated carbocycles. The van der Waals surface area contributed by atoms with Gasteiger partial charge in [-0.05, 0) is 12.5 Å². The van der Waals surface area contributed by atoms with E-state index in [9.17, 15) is 4.79 Å². The molecule has 2 nitrogen and oxygen atoms in total. The highest BCUT2D eigenvalue weighted by Crippen LogP contribution is 2.18. The van der Waals surface area contributed by atoms with Gasteiger partial charge in [-0.15, -0.1) is 12.3 Å². The van der Waals surface area contributed by atoms with E-state index < -0.39 is 0 Å². The maximum Gasteiger partial charge on any atom is 0.138 e. The van der Waals surface area contributed by atoms with Crippen molar-refractivity contribution in [2.75, 3.05) is 13.1 Å². The Morgan fingerprint density at radius 1 is 1.67 bits per heavy atom. The van der Waals surface area contributed by atoms with Crippen molar-refractivity contribution < 1.29 is 4.79 Å². The number of carbonyl (C=O) groups excluding carboxylic acids is 1. The van der Waals surface area contributed by atoms with Crippen molar-refractivity contribution in [1.29, 1.82) is 0 Å². The first kappa shape index (κ1) is 9.28. The third-order valence-corrected chi connectivity index (χ3v) is 2.45. The van der Waals surface area contributed by atoms with Gasteiger partial charge in [-0.2, -0.15) is 0 Å². The number of terminal acetylenes is 1. The average molecular weight is 165 g/mol. The van der Waals surface area contributed by atoms with Gasteiger partial charge in [0.15, 0.2) is 0 Å². The topological polar surface area (TPSA) is 29.1 Å². The van der Waals surface area contributed by atoms with Crippen LogP contribution in [0.1, 0.15) is 19.8 Å². The van der Waals surface area contributed by atoms with Gasteiger partial charge < -0.3 is 5.32 Å². The van der Waals surface area contributed by atoms with E-state index in [1.54, 1.807) is 0 Å². The van der Waals surface area contributed by atoms with Crippen molar-refractivity contribution >= 4 is 5.78 Å². The lowest BCUT2D eigenvalue weighted by Crippen LogP contribution is -2.20. The third-order valence-electron chi connectivity index (χ3n) is 2.45. The van der Waals surface area contributed by atoms with Gasteiger partial charge in [0.1, 0.15) is 5.78 Å². The van der Waals surface area contributed by atoms with E-state index in [4.69, 9.17) is 6.42 Å². The number of carbonyl (C=O) groups is 1. The van der Waals surface area contributed by atoms with Crippen LogP contribution in [0, 0.1) is 24.2 Å². The summed E-state index contributed by atoms with van der Waals surface area (Å²) in [4.78, 5) is 11.5. The monoisotopic (exact) mass is 165 g/mol. The first-order valence-corrected chi connectivity index (χ1v) is 4.42. The molecule has 0 amide bonds. The molecule has 1 saturated heterocycles. The van der Waals surface area contributed by atoms with Crippen molar-refractivity contribution in [3.05, 3.63) is 0 Å². The predicted molar refractivity (Wildman–Crippen MR) is 48.6 cm³/mol. The van der Waals surface area contributed by atoms with Crippen LogP contribution in [-0.4, -0.2) is 18.9 Å². The Balaban J connectivity index is 2.37. The molecule has 12 heavy (non-hydrogen) atoms. The highest BCUT2D eigenvalue weighted by molar-refractivity contribution is 5.82. The van der Waals surface area contributed by atoms with Crippen molar-refractivity contribution in [1.82, 2.24) is 5.32 Å². The summed E-state index contributed by atoms with van der Waals surface area (Å²) in [6, 6.07) is 0. The molecular weight excluding hydrogens is 150 g/mol. The molecule has 0 aromatic carbocycles. The van der Waals surface area contributed by atoms with Crippen LogP contribution in [0.25, 0.3) is 0 Å². The Labute approximate surface area is 73.7 Å². The Bertz CT molecular complexity index is 204. The number of nitrogens with one attached hydrogen (secondary N) is 1. The summed E-state index contributed by atoms with van der Waals surface area (Å²) in [5, 5.41) is 3.21. The van der Waals surface area contributed by atoms with Gasteiger partial charge in [0, 0.05) is 25.3 Å². The zero-order valence-corrected chi connectivity index (χ0v) is 7.47. The Morgan fingerprint density at radius 3 is 2.92 bits per heavy atom. The minimum Gasteiger partial charge on any atom is -0.316 e. The van der Waals surface area contributed by atoms with Crippen LogP contribution in [-0.2, 0) is 4.79 Å². The molecule has 2 unspecified atom stereocenters. The fourth-order valence-corrected chi connectivity index (χ4v) is 1.62. The molecule has 0 radical (unpaired) electrons. The Morgan fingerprint density at radius 2 is 2.42 bits per heavy atom. The van der Waals surface area contributed by atoms with Crippen molar-refractivity contribution in [2.45, 2.75) is 19.8 Å². The second kappa shape index (κ2) is 4.27. The molecule has 1 heterocycles. The summed E-state index contributed by atoms with van der Waals surface area (Å²) in [5.74, 6) is 3.51. The number of rotatable bonds is 3. The second-order valence-electron chi connectivity index (χ2n) is 3.41. The SMILES string of the molecule is C#CCCC(=O)C1CNCC1C. The Kier molecular flexibility index (Phi) is 3.31. The molecule has 1 fully saturated rings. The quantitative estimate of drug-likeness (QED) is 0.627. The van der Waals surface area contributed by atoms with E-state index in [1.165, 1.54) is 0 Å². The molecule has 0 aromatic rings. The zero-order valence-electron chi connectivity index (χ0n) is 7.47. The van der Waals surface area contributed by atoms with Crippen LogP contribution in [0.3, 0.4) is 0 Å². The van der Waals surface area contributed by atoms with E-state index in [-0.39, 0.29) is 5.92 Å². The highest BCUT2D eigenvalue weighted by atomic mass is 16.1. The van der Waals surface area contributed by atoms with E-state index >= 15 is 0 Å². The van der Waals surface area contributed by atoms with Gasteiger partial charge in [0.05, 0.1) is 0 Å². The lowest BCUT2D eigenvalue weighted by molar-refractivity contribution is -0.123. The van der Waals surface area contributed by atoms with E-state index in [0.717, 1.165) is 13.1 Å². The standard InChI is InChI=1S/C10H15NO/c1-3-4-5-10(12)9-7-11-6-8(9)2/h1,8-9,11H,4-7H2,2H3. The van der Waals surface area contributed by atoms with Crippen LogP contribution in [0.2, 0.25) is 0 Å². The maximum atomic E-state index is 11.5. The Hall–Kier alpha value is -0.810. The molecule has 0 bridgehead atoms. The minimum absolute atomic E-state index is 0.207. The third kappa shape index (κ3) is 2.09. The molecule has 0 spiro atoms. The normalized spacial score (nSPS) is 28.3. The van der Waals surface area contributed by atoms with Crippen molar-refractivity contribution in [2.24, 2.45) is 11.8 Å². The summed E-state index contributed by atoms with van der Waals surface area (Å²) in [6.07, 6.45) is 6.23. The smallest absolute Gasteiger partial charge is 0.138 e. The lowest BCUT2D eigenvalue weighted by atomic mass is 9.91. The molecule has 2 heteroatoms. The van der Waals surface area contributed by atoms with Crippen LogP contribution >= 0.6 is 0 Å². The van der Waals surface area contributed by atoms with E-state index in [2.05, 4.69) is 18.2 Å². The summed E-state index contributed by atoms with van der Waals surface area (Å²) in [5.41, 5.74) is 0. The first-order chi connectivity index (χ1) is 5.75. The minimum atomic E-state index is 0.207. The second-order valence-corrected chi connectivity index (χ2v) is 3.41. The van der Waals surface area contributed by atoms with Gasteiger partial charge in [-0.3, -0.25) is 4.79 Å². The molecular formula is C10H15NO.